The van der Waals surface area contributed by atoms with Crippen molar-refractivity contribution >= 4 is 11.6 Å². The Morgan fingerprint density at radius 3 is 2.81 bits per heavy atom. The van der Waals surface area contributed by atoms with E-state index in [0.29, 0.717) is 12.2 Å². The summed E-state index contributed by atoms with van der Waals surface area (Å²) in [5.41, 5.74) is 2.61. The third-order valence-corrected chi connectivity index (χ3v) is 4.05. The van der Waals surface area contributed by atoms with Crippen LogP contribution in [0.25, 0.3) is 0 Å². The van der Waals surface area contributed by atoms with Gasteiger partial charge in [0.2, 0.25) is 0 Å². The second kappa shape index (κ2) is 6.91. The molecule has 1 aliphatic carbocycles. The smallest absolute Gasteiger partial charge is 0.251 e. The van der Waals surface area contributed by atoms with Gasteiger partial charge in [-0.3, -0.25) is 4.79 Å². The van der Waals surface area contributed by atoms with Gasteiger partial charge in [0.25, 0.3) is 5.91 Å². The molecule has 1 aliphatic rings. The maximum Gasteiger partial charge on any atom is 0.251 e. The Bertz CT molecular complexity index is 504. The maximum atomic E-state index is 11.8. The fourth-order valence-electron chi connectivity index (χ4n) is 2.79. The largest absolute Gasteiger partial charge is 0.379 e. The van der Waals surface area contributed by atoms with Gasteiger partial charge < -0.3 is 20.1 Å². The van der Waals surface area contributed by atoms with Gasteiger partial charge in [0.1, 0.15) is 6.10 Å². The number of benzene rings is 1. The summed E-state index contributed by atoms with van der Waals surface area (Å²) in [5, 5.41) is 6.13. The van der Waals surface area contributed by atoms with E-state index in [0.717, 1.165) is 17.7 Å². The van der Waals surface area contributed by atoms with E-state index in [4.69, 9.17) is 9.47 Å². The molecule has 5 nitrogen and oxygen atoms in total. The van der Waals surface area contributed by atoms with Gasteiger partial charge >= 0.3 is 0 Å². The van der Waals surface area contributed by atoms with Gasteiger partial charge in [-0.15, -0.1) is 0 Å². The molecule has 2 N–H and O–H groups in total. The lowest BCUT2D eigenvalue weighted by atomic mass is 9.84. The lowest BCUT2D eigenvalue weighted by Crippen LogP contribution is -2.56. The molecule has 1 aromatic rings. The van der Waals surface area contributed by atoms with E-state index >= 15 is 0 Å². The summed E-state index contributed by atoms with van der Waals surface area (Å²) in [5.74, 6) is -0.0692. The third kappa shape index (κ3) is 3.19. The summed E-state index contributed by atoms with van der Waals surface area (Å²) >= 11 is 0. The van der Waals surface area contributed by atoms with E-state index in [1.54, 1.807) is 14.2 Å². The molecule has 0 aromatic heterocycles. The van der Waals surface area contributed by atoms with E-state index in [9.17, 15) is 4.79 Å². The first-order valence-electron chi connectivity index (χ1n) is 7.35. The highest BCUT2D eigenvalue weighted by Gasteiger charge is 2.42. The van der Waals surface area contributed by atoms with Gasteiger partial charge in [-0.25, -0.2) is 0 Å². The zero-order valence-electron chi connectivity index (χ0n) is 13.1. The van der Waals surface area contributed by atoms with Crippen LogP contribution >= 0.6 is 0 Å². The third-order valence-electron chi connectivity index (χ3n) is 4.05. The van der Waals surface area contributed by atoms with Gasteiger partial charge in [-0.05, 0) is 38.0 Å². The molecule has 3 atom stereocenters. The number of hydrogen-bond donors (Lipinski definition) is 2. The van der Waals surface area contributed by atoms with Crippen molar-refractivity contribution in [2.45, 2.75) is 38.5 Å². The Hall–Kier alpha value is -1.59. The number of anilines is 1. The zero-order valence-corrected chi connectivity index (χ0v) is 13.1. The highest BCUT2D eigenvalue weighted by molar-refractivity contribution is 5.96. The number of carbonyl (C=O) groups excluding carboxylic acids is 1. The second-order valence-electron chi connectivity index (χ2n) is 5.24. The standard InChI is InChI=1S/C16H24N2O3/c1-5-21-14-9-13(15(14)20-4)18-12-8-6-7-11(10(12)2)16(19)17-3/h6-8,13-15,18H,5,9H2,1-4H3,(H,17,19). The average Bonchev–Trinajstić information content (AvgIpc) is 2.47. The van der Waals surface area contributed by atoms with Crippen LogP contribution in [0.4, 0.5) is 5.69 Å². The number of nitrogens with one attached hydrogen (secondary N) is 2. The second-order valence-corrected chi connectivity index (χ2v) is 5.24. The number of hydrogen-bond acceptors (Lipinski definition) is 4. The Morgan fingerprint density at radius 2 is 2.19 bits per heavy atom. The molecular weight excluding hydrogens is 268 g/mol. The molecule has 0 saturated heterocycles. The SMILES string of the molecule is CCOC1CC(Nc2cccc(C(=O)NC)c2C)C1OC. The monoisotopic (exact) mass is 292 g/mol. The Kier molecular flexibility index (Phi) is 5.20. The molecule has 2 rings (SSSR count). The predicted molar refractivity (Wildman–Crippen MR) is 82.8 cm³/mol. The van der Waals surface area contributed by atoms with Crippen molar-refractivity contribution in [3.63, 3.8) is 0 Å². The number of amides is 1. The Balaban J connectivity index is 2.09. The van der Waals surface area contributed by atoms with Gasteiger partial charge in [-0.1, -0.05) is 6.07 Å². The molecule has 0 heterocycles. The van der Waals surface area contributed by atoms with Crippen LogP contribution in [0.15, 0.2) is 18.2 Å². The highest BCUT2D eigenvalue weighted by atomic mass is 16.5. The van der Waals surface area contributed by atoms with Crippen LogP contribution in [-0.4, -0.2) is 44.9 Å². The molecule has 0 radical (unpaired) electrons. The zero-order chi connectivity index (χ0) is 15.4. The van der Waals surface area contributed by atoms with E-state index in [2.05, 4.69) is 10.6 Å². The van der Waals surface area contributed by atoms with Crippen LogP contribution in [0.5, 0.6) is 0 Å². The van der Waals surface area contributed by atoms with Crippen molar-refractivity contribution in [3.8, 4) is 0 Å². The minimum Gasteiger partial charge on any atom is -0.379 e. The average molecular weight is 292 g/mol. The van der Waals surface area contributed by atoms with Crippen LogP contribution in [-0.2, 0) is 9.47 Å². The number of methoxy groups -OCH3 is 1. The summed E-state index contributed by atoms with van der Waals surface area (Å²) in [6, 6.07) is 5.92. The number of carbonyl (C=O) groups is 1. The minimum absolute atomic E-state index is 0.0491. The van der Waals surface area contributed by atoms with Crippen LogP contribution < -0.4 is 10.6 Å². The van der Waals surface area contributed by atoms with Crippen molar-refractivity contribution in [2.75, 3.05) is 26.1 Å². The first-order chi connectivity index (χ1) is 10.1. The van der Waals surface area contributed by atoms with Crippen molar-refractivity contribution in [2.24, 2.45) is 0 Å². The van der Waals surface area contributed by atoms with Gasteiger partial charge in [0.15, 0.2) is 0 Å². The summed E-state index contributed by atoms with van der Waals surface area (Å²) in [6.07, 6.45) is 1.11. The van der Waals surface area contributed by atoms with Gasteiger partial charge in [0, 0.05) is 32.0 Å². The fourth-order valence-corrected chi connectivity index (χ4v) is 2.79. The lowest BCUT2D eigenvalue weighted by molar-refractivity contribution is -0.118. The fraction of sp³-hybridized carbons (Fsp3) is 0.562. The molecule has 0 aliphatic heterocycles. The van der Waals surface area contributed by atoms with Crippen LogP contribution in [0, 0.1) is 6.92 Å². The van der Waals surface area contributed by atoms with Crippen molar-refractivity contribution in [3.05, 3.63) is 29.3 Å². The quantitative estimate of drug-likeness (QED) is 0.841. The summed E-state index contributed by atoms with van der Waals surface area (Å²) in [6.45, 7) is 4.64. The summed E-state index contributed by atoms with van der Waals surface area (Å²) < 4.78 is 11.1. The molecule has 3 unspecified atom stereocenters. The molecule has 116 valence electrons. The van der Waals surface area contributed by atoms with Crippen molar-refractivity contribution in [1.82, 2.24) is 5.32 Å². The number of rotatable bonds is 6. The Labute approximate surface area is 126 Å². The van der Waals surface area contributed by atoms with E-state index in [1.807, 2.05) is 32.0 Å². The first kappa shape index (κ1) is 15.8. The molecular formula is C16H24N2O3. The molecule has 0 bridgehead atoms. The maximum absolute atomic E-state index is 11.8. The molecule has 1 fully saturated rings. The van der Waals surface area contributed by atoms with E-state index in [1.165, 1.54) is 0 Å². The van der Waals surface area contributed by atoms with Gasteiger partial charge in [-0.2, -0.15) is 0 Å². The molecule has 0 spiro atoms. The topological polar surface area (TPSA) is 59.6 Å². The highest BCUT2D eigenvalue weighted by Crippen LogP contribution is 2.31. The molecule has 5 heteroatoms. The van der Waals surface area contributed by atoms with Crippen LogP contribution in [0.1, 0.15) is 29.3 Å². The molecule has 1 saturated carbocycles. The summed E-state index contributed by atoms with van der Waals surface area (Å²) in [4.78, 5) is 11.8. The number of ether oxygens (including phenoxy) is 2. The normalized spacial score (nSPS) is 24.3. The van der Waals surface area contributed by atoms with Crippen molar-refractivity contribution < 1.29 is 14.3 Å². The summed E-state index contributed by atoms with van der Waals surface area (Å²) in [7, 11) is 3.35. The molecule has 21 heavy (non-hydrogen) atoms. The molecule has 1 aromatic carbocycles. The Morgan fingerprint density at radius 1 is 1.43 bits per heavy atom. The minimum atomic E-state index is -0.0692. The first-order valence-corrected chi connectivity index (χ1v) is 7.35. The van der Waals surface area contributed by atoms with Crippen LogP contribution in [0.2, 0.25) is 0 Å². The van der Waals surface area contributed by atoms with Crippen molar-refractivity contribution in [1.29, 1.82) is 0 Å². The predicted octanol–water partition coefficient (Wildman–Crippen LogP) is 1.96. The van der Waals surface area contributed by atoms with Gasteiger partial charge in [0.05, 0.1) is 12.1 Å². The molecule has 1 amide bonds. The lowest BCUT2D eigenvalue weighted by Gasteiger charge is -2.44. The van der Waals surface area contributed by atoms with E-state index in [-0.39, 0.29) is 24.2 Å². The van der Waals surface area contributed by atoms with Crippen LogP contribution in [0.3, 0.4) is 0 Å². The van der Waals surface area contributed by atoms with E-state index < -0.39 is 0 Å².